The van der Waals surface area contributed by atoms with Crippen LogP contribution in [-0.2, 0) is 5.54 Å². The van der Waals surface area contributed by atoms with E-state index in [1.54, 1.807) is 0 Å². The second-order valence-corrected chi connectivity index (χ2v) is 6.56. The third-order valence-electron chi connectivity index (χ3n) is 4.59. The Morgan fingerprint density at radius 3 is 2.80 bits per heavy atom. The second kappa shape index (κ2) is 6.62. The van der Waals surface area contributed by atoms with Crippen molar-refractivity contribution in [1.29, 1.82) is 0 Å². The Morgan fingerprint density at radius 2 is 2.10 bits per heavy atom. The van der Waals surface area contributed by atoms with Gasteiger partial charge in [0.1, 0.15) is 5.75 Å². The molecule has 1 saturated carbocycles. The zero-order valence-electron chi connectivity index (χ0n) is 13.2. The first-order valence-corrected chi connectivity index (χ1v) is 8.09. The molecule has 2 unspecified atom stereocenters. The Balaban J connectivity index is 2.16. The lowest BCUT2D eigenvalue weighted by Gasteiger charge is -2.29. The fourth-order valence-corrected chi connectivity index (χ4v) is 3.29. The molecular weight excluding hydrogens is 246 g/mol. The molecule has 112 valence electrons. The highest BCUT2D eigenvalue weighted by Crippen LogP contribution is 2.37. The summed E-state index contributed by atoms with van der Waals surface area (Å²) in [5, 5.41) is 0. The third kappa shape index (κ3) is 3.76. The summed E-state index contributed by atoms with van der Waals surface area (Å²) in [5.74, 6) is 1.80. The number of benzene rings is 1. The fourth-order valence-electron chi connectivity index (χ4n) is 3.29. The van der Waals surface area contributed by atoms with Crippen molar-refractivity contribution in [2.24, 2.45) is 11.7 Å². The van der Waals surface area contributed by atoms with Gasteiger partial charge in [0, 0.05) is 5.54 Å². The Bertz CT molecular complexity index is 429. The van der Waals surface area contributed by atoms with Gasteiger partial charge < -0.3 is 10.5 Å². The first-order valence-electron chi connectivity index (χ1n) is 8.09. The normalized spacial score (nSPS) is 27.4. The number of ether oxygens (including phenoxy) is 1. The van der Waals surface area contributed by atoms with Gasteiger partial charge in [0.2, 0.25) is 0 Å². The van der Waals surface area contributed by atoms with Gasteiger partial charge in [-0.25, -0.2) is 0 Å². The van der Waals surface area contributed by atoms with Gasteiger partial charge in [-0.3, -0.25) is 0 Å². The fraction of sp³-hybridized carbons (Fsp3) is 0.667. The summed E-state index contributed by atoms with van der Waals surface area (Å²) in [7, 11) is 0. The van der Waals surface area contributed by atoms with Crippen LogP contribution in [0.3, 0.4) is 0 Å². The molecule has 1 fully saturated rings. The Kier molecular flexibility index (Phi) is 5.09. The highest BCUT2D eigenvalue weighted by atomic mass is 16.5. The molecule has 1 aliphatic carbocycles. The predicted octanol–water partition coefficient (Wildman–Crippen LogP) is 4.62. The summed E-state index contributed by atoms with van der Waals surface area (Å²) in [4.78, 5) is 0. The van der Waals surface area contributed by atoms with Gasteiger partial charge in [-0.05, 0) is 56.7 Å². The zero-order valence-corrected chi connectivity index (χ0v) is 13.2. The molecule has 2 nitrogen and oxygen atoms in total. The lowest BCUT2D eigenvalue weighted by molar-refractivity contribution is 0.241. The molecule has 1 aromatic carbocycles. The molecule has 2 heteroatoms. The van der Waals surface area contributed by atoms with Crippen LogP contribution in [-0.4, -0.2) is 6.10 Å². The molecule has 1 aromatic rings. The van der Waals surface area contributed by atoms with Crippen LogP contribution >= 0.6 is 0 Å². The molecule has 20 heavy (non-hydrogen) atoms. The molecule has 0 aromatic heterocycles. The predicted molar refractivity (Wildman–Crippen MR) is 84.9 cm³/mol. The molecule has 2 N–H and O–H groups in total. The topological polar surface area (TPSA) is 35.2 Å². The minimum atomic E-state index is -0.166. The van der Waals surface area contributed by atoms with Gasteiger partial charge in [-0.1, -0.05) is 38.3 Å². The van der Waals surface area contributed by atoms with Crippen molar-refractivity contribution in [2.75, 3.05) is 0 Å². The average molecular weight is 275 g/mol. The van der Waals surface area contributed by atoms with Gasteiger partial charge in [-0.2, -0.15) is 0 Å². The van der Waals surface area contributed by atoms with Crippen LogP contribution in [0.4, 0.5) is 0 Å². The third-order valence-corrected chi connectivity index (χ3v) is 4.59. The van der Waals surface area contributed by atoms with Gasteiger partial charge in [0.05, 0.1) is 6.10 Å². The van der Waals surface area contributed by atoms with E-state index in [-0.39, 0.29) is 11.6 Å². The van der Waals surface area contributed by atoms with E-state index in [9.17, 15) is 0 Å². The van der Waals surface area contributed by atoms with Crippen LogP contribution in [0.1, 0.15) is 64.9 Å². The number of hydrogen-bond donors (Lipinski definition) is 1. The van der Waals surface area contributed by atoms with Crippen molar-refractivity contribution in [3.63, 3.8) is 0 Å². The van der Waals surface area contributed by atoms with Crippen LogP contribution in [0.2, 0.25) is 0 Å². The van der Waals surface area contributed by atoms with E-state index >= 15 is 0 Å². The Labute approximate surface area is 123 Å². The summed E-state index contributed by atoms with van der Waals surface area (Å²) in [5.41, 5.74) is 7.82. The highest BCUT2D eigenvalue weighted by Gasteiger charge is 2.30. The maximum atomic E-state index is 6.74. The molecule has 0 amide bonds. The van der Waals surface area contributed by atoms with Crippen LogP contribution in [0.25, 0.3) is 0 Å². The molecule has 2 atom stereocenters. The summed E-state index contributed by atoms with van der Waals surface area (Å²) in [6, 6.07) is 8.41. The number of rotatable bonds is 4. The molecular formula is C18H29NO. The maximum Gasteiger partial charge on any atom is 0.120 e. The van der Waals surface area contributed by atoms with Crippen molar-refractivity contribution in [2.45, 2.75) is 70.9 Å². The van der Waals surface area contributed by atoms with E-state index in [1.807, 2.05) is 6.07 Å². The summed E-state index contributed by atoms with van der Waals surface area (Å²) < 4.78 is 5.81. The highest BCUT2D eigenvalue weighted by molar-refractivity contribution is 5.33. The van der Waals surface area contributed by atoms with E-state index in [4.69, 9.17) is 10.5 Å². The van der Waals surface area contributed by atoms with Gasteiger partial charge in [0.25, 0.3) is 0 Å². The van der Waals surface area contributed by atoms with Crippen molar-refractivity contribution in [3.05, 3.63) is 29.8 Å². The molecule has 0 heterocycles. The minimum absolute atomic E-state index is 0.166. The summed E-state index contributed by atoms with van der Waals surface area (Å²) in [6.45, 7) is 6.41. The molecule has 0 aliphatic heterocycles. The van der Waals surface area contributed by atoms with Gasteiger partial charge in [0.15, 0.2) is 0 Å². The van der Waals surface area contributed by atoms with Crippen LogP contribution in [0, 0.1) is 5.92 Å². The van der Waals surface area contributed by atoms with Gasteiger partial charge >= 0.3 is 0 Å². The quantitative estimate of drug-likeness (QED) is 0.814. The smallest absolute Gasteiger partial charge is 0.120 e. The molecule has 0 bridgehead atoms. The largest absolute Gasteiger partial charge is 0.491 e. The number of nitrogens with two attached hydrogens (primary N) is 1. The van der Waals surface area contributed by atoms with Crippen LogP contribution in [0.15, 0.2) is 24.3 Å². The average Bonchev–Trinajstić information content (AvgIpc) is 2.61. The second-order valence-electron chi connectivity index (χ2n) is 6.56. The summed E-state index contributed by atoms with van der Waals surface area (Å²) in [6.07, 6.45) is 7.50. The first-order chi connectivity index (χ1) is 9.53. The molecule has 0 spiro atoms. The zero-order chi connectivity index (χ0) is 14.6. The molecule has 0 radical (unpaired) electrons. The Hall–Kier alpha value is -1.02. The van der Waals surface area contributed by atoms with Crippen molar-refractivity contribution in [1.82, 2.24) is 0 Å². The monoisotopic (exact) mass is 275 g/mol. The van der Waals surface area contributed by atoms with Crippen molar-refractivity contribution < 1.29 is 4.74 Å². The summed E-state index contributed by atoms with van der Waals surface area (Å²) >= 11 is 0. The van der Waals surface area contributed by atoms with Crippen molar-refractivity contribution >= 4 is 0 Å². The standard InChI is InChI=1S/C18H29NO/c1-4-15-7-6-11-18(19,12-10-15)16-8-5-9-17(13-16)20-14(2)3/h5,8-9,13-15H,4,6-7,10-12,19H2,1-3H3. The lowest BCUT2D eigenvalue weighted by Crippen LogP contribution is -2.36. The van der Waals surface area contributed by atoms with Crippen LogP contribution < -0.4 is 10.5 Å². The van der Waals surface area contributed by atoms with Crippen molar-refractivity contribution in [3.8, 4) is 5.75 Å². The van der Waals surface area contributed by atoms with E-state index in [0.29, 0.717) is 0 Å². The SMILES string of the molecule is CCC1CCCC(N)(c2cccc(OC(C)C)c2)CC1. The Morgan fingerprint density at radius 1 is 1.30 bits per heavy atom. The van der Waals surface area contributed by atoms with E-state index in [1.165, 1.54) is 31.2 Å². The lowest BCUT2D eigenvalue weighted by atomic mass is 9.83. The molecule has 1 aliphatic rings. The van der Waals surface area contributed by atoms with E-state index in [0.717, 1.165) is 24.5 Å². The minimum Gasteiger partial charge on any atom is -0.491 e. The first kappa shape index (κ1) is 15.4. The maximum absolute atomic E-state index is 6.74. The number of hydrogen-bond acceptors (Lipinski definition) is 2. The molecule has 2 rings (SSSR count). The molecule has 0 saturated heterocycles. The van der Waals surface area contributed by atoms with Crippen LogP contribution in [0.5, 0.6) is 5.75 Å². The van der Waals surface area contributed by atoms with E-state index < -0.39 is 0 Å². The van der Waals surface area contributed by atoms with Gasteiger partial charge in [-0.15, -0.1) is 0 Å². The van der Waals surface area contributed by atoms with E-state index in [2.05, 4.69) is 39.0 Å².